The molecule has 0 bridgehead atoms. The Bertz CT molecular complexity index is 735. The predicted octanol–water partition coefficient (Wildman–Crippen LogP) is 5.12. The summed E-state index contributed by atoms with van der Waals surface area (Å²) >= 11 is 1.87. The van der Waals surface area contributed by atoms with Crippen LogP contribution < -0.4 is 9.96 Å². The molecule has 1 aromatic heterocycles. The number of quaternary nitrogens is 1. The highest BCUT2D eigenvalue weighted by molar-refractivity contribution is 7.10. The average Bonchev–Trinajstić information content (AvgIpc) is 3.34. The third-order valence-electron chi connectivity index (χ3n) is 6.63. The average molecular weight is 372 g/mol. The molecule has 0 aliphatic carbocycles. The molecule has 2 aliphatic heterocycles. The minimum atomic E-state index is -0.200. The number of rotatable bonds is 5. The molecule has 26 heavy (non-hydrogen) atoms. The number of hydrogen-bond acceptors (Lipinski definition) is 4. The lowest BCUT2D eigenvalue weighted by molar-refractivity contribution is 0.0356. The Morgan fingerprint density at radius 2 is 1.88 bits per heavy atom. The number of likely N-dealkylation sites (tertiary alicyclic amines) is 1. The van der Waals surface area contributed by atoms with E-state index in [9.17, 15) is 5.21 Å². The molecule has 0 radical (unpaired) electrons. The molecule has 4 rings (SSSR count). The van der Waals surface area contributed by atoms with Gasteiger partial charge in [-0.15, -0.1) is 11.3 Å². The second kappa shape index (κ2) is 6.97. The Morgan fingerprint density at radius 1 is 1.15 bits per heavy atom. The van der Waals surface area contributed by atoms with E-state index >= 15 is 0 Å². The van der Waals surface area contributed by atoms with Crippen molar-refractivity contribution >= 4 is 22.7 Å². The van der Waals surface area contributed by atoms with Gasteiger partial charge in [0.15, 0.2) is 12.4 Å². The quantitative estimate of drug-likeness (QED) is 0.586. The van der Waals surface area contributed by atoms with Crippen LogP contribution in [0.1, 0.15) is 44.4 Å². The molecule has 1 N–H and O–H groups in total. The fourth-order valence-electron chi connectivity index (χ4n) is 5.02. The number of anilines is 1. The van der Waals surface area contributed by atoms with E-state index < -0.39 is 0 Å². The summed E-state index contributed by atoms with van der Waals surface area (Å²) in [4.78, 5) is 4.12. The Balaban J connectivity index is 1.53. The van der Waals surface area contributed by atoms with Gasteiger partial charge in [0.1, 0.15) is 5.69 Å². The van der Waals surface area contributed by atoms with Crippen LogP contribution in [-0.4, -0.2) is 30.7 Å². The number of fused-ring (bicyclic) bond motifs is 1. The summed E-state index contributed by atoms with van der Waals surface area (Å²) in [6.07, 6.45) is 4.17. The summed E-state index contributed by atoms with van der Waals surface area (Å²) in [6.45, 7) is 7.10. The molecule has 1 atom stereocenters. The zero-order valence-electron chi connectivity index (χ0n) is 15.8. The normalized spacial score (nSPS) is 24.4. The SMILES string of the molecule is CCC(CC)(c1cccs1)N1CCC([N+]2([O-])CNc3ccccc32)CC1. The molecule has 140 valence electrons. The summed E-state index contributed by atoms with van der Waals surface area (Å²) in [5, 5.41) is 19.2. The fourth-order valence-corrected chi connectivity index (χ4v) is 6.12. The van der Waals surface area contributed by atoms with Crippen LogP contribution in [0.15, 0.2) is 41.8 Å². The highest BCUT2D eigenvalue weighted by Crippen LogP contribution is 2.44. The number of thiophene rings is 1. The molecule has 1 unspecified atom stereocenters. The van der Waals surface area contributed by atoms with Crippen molar-refractivity contribution in [2.75, 3.05) is 25.1 Å². The molecule has 0 spiro atoms. The monoisotopic (exact) mass is 371 g/mol. The molecular weight excluding hydrogens is 342 g/mol. The van der Waals surface area contributed by atoms with Crippen molar-refractivity contribution in [3.8, 4) is 0 Å². The molecule has 0 saturated carbocycles. The molecule has 4 nitrogen and oxygen atoms in total. The molecule has 2 aromatic rings. The molecular formula is C21H29N3OS. The molecule has 5 heteroatoms. The van der Waals surface area contributed by atoms with Crippen molar-refractivity contribution in [1.29, 1.82) is 0 Å². The molecule has 1 aromatic carbocycles. The Morgan fingerprint density at radius 3 is 2.54 bits per heavy atom. The first-order valence-corrected chi connectivity index (χ1v) is 10.7. The van der Waals surface area contributed by atoms with Crippen molar-refractivity contribution in [3.05, 3.63) is 51.9 Å². The lowest BCUT2D eigenvalue weighted by Gasteiger charge is -2.51. The lowest BCUT2D eigenvalue weighted by Crippen LogP contribution is -2.58. The molecule has 1 saturated heterocycles. The number of nitrogens with zero attached hydrogens (tertiary/aromatic N) is 2. The zero-order chi connectivity index (χ0) is 18.2. The van der Waals surface area contributed by atoms with Crippen LogP contribution in [0.4, 0.5) is 11.4 Å². The van der Waals surface area contributed by atoms with Gasteiger partial charge in [0.2, 0.25) is 0 Å². The maximum atomic E-state index is 13.7. The van der Waals surface area contributed by atoms with Gasteiger partial charge in [0.25, 0.3) is 0 Å². The molecule has 1 fully saturated rings. The maximum Gasteiger partial charge on any atom is 0.158 e. The Labute approximate surface area is 160 Å². The summed E-state index contributed by atoms with van der Waals surface area (Å²) < 4.78 is -0.200. The Hall–Kier alpha value is -1.40. The first kappa shape index (κ1) is 18.0. The van der Waals surface area contributed by atoms with Gasteiger partial charge in [-0.05, 0) is 30.4 Å². The minimum Gasteiger partial charge on any atom is -0.626 e. The standard InChI is InChI=1S/C21H29N3OS/c1-3-21(4-2,20-10-7-15-26-20)23-13-11-17(12-14-23)24(25)16-22-18-8-5-6-9-19(18)24/h5-10,15,17,22H,3-4,11-14,16H2,1-2H3. The van der Waals surface area contributed by atoms with Crippen LogP contribution in [-0.2, 0) is 5.54 Å². The van der Waals surface area contributed by atoms with Crippen molar-refractivity contribution in [1.82, 2.24) is 9.55 Å². The van der Waals surface area contributed by atoms with E-state index in [1.165, 1.54) is 4.88 Å². The van der Waals surface area contributed by atoms with Crippen LogP contribution in [0.2, 0.25) is 0 Å². The van der Waals surface area contributed by atoms with Crippen LogP contribution in [0.3, 0.4) is 0 Å². The Kier molecular flexibility index (Phi) is 4.82. The molecule has 2 aliphatic rings. The maximum absolute atomic E-state index is 13.7. The number of hydrogen-bond donors (Lipinski definition) is 1. The highest BCUT2D eigenvalue weighted by atomic mass is 32.1. The van der Waals surface area contributed by atoms with Gasteiger partial charge in [-0.1, -0.05) is 32.0 Å². The van der Waals surface area contributed by atoms with Gasteiger partial charge >= 0.3 is 0 Å². The highest BCUT2D eigenvalue weighted by Gasteiger charge is 2.43. The third-order valence-corrected chi connectivity index (χ3v) is 7.69. The van der Waals surface area contributed by atoms with Crippen molar-refractivity contribution in [2.24, 2.45) is 0 Å². The van der Waals surface area contributed by atoms with Gasteiger partial charge < -0.3 is 15.2 Å². The summed E-state index contributed by atoms with van der Waals surface area (Å²) in [5.41, 5.74) is 2.06. The van der Waals surface area contributed by atoms with Crippen LogP contribution in [0, 0.1) is 5.21 Å². The second-order valence-electron chi connectivity index (χ2n) is 7.58. The van der Waals surface area contributed by atoms with Gasteiger partial charge in [0, 0.05) is 36.9 Å². The van der Waals surface area contributed by atoms with E-state index in [1.807, 2.05) is 35.6 Å². The van der Waals surface area contributed by atoms with E-state index in [1.54, 1.807) is 0 Å². The van der Waals surface area contributed by atoms with E-state index in [4.69, 9.17) is 0 Å². The second-order valence-corrected chi connectivity index (χ2v) is 8.53. The van der Waals surface area contributed by atoms with Gasteiger partial charge in [0.05, 0.1) is 11.6 Å². The number of hydroxylamine groups is 2. The first-order valence-electron chi connectivity index (χ1n) is 9.85. The first-order chi connectivity index (χ1) is 12.6. The minimum absolute atomic E-state index is 0.133. The van der Waals surface area contributed by atoms with Crippen LogP contribution in [0.25, 0.3) is 0 Å². The van der Waals surface area contributed by atoms with Crippen molar-refractivity contribution < 1.29 is 0 Å². The van der Waals surface area contributed by atoms with E-state index in [2.05, 4.69) is 41.6 Å². The van der Waals surface area contributed by atoms with Gasteiger partial charge in [-0.3, -0.25) is 4.90 Å². The smallest absolute Gasteiger partial charge is 0.158 e. The summed E-state index contributed by atoms with van der Waals surface area (Å²) in [6, 6.07) is 12.6. The predicted molar refractivity (Wildman–Crippen MR) is 111 cm³/mol. The lowest BCUT2D eigenvalue weighted by atomic mass is 9.86. The van der Waals surface area contributed by atoms with Crippen molar-refractivity contribution in [2.45, 2.75) is 51.1 Å². The van der Waals surface area contributed by atoms with E-state index in [0.29, 0.717) is 6.67 Å². The molecule has 3 heterocycles. The van der Waals surface area contributed by atoms with E-state index in [-0.39, 0.29) is 16.2 Å². The van der Waals surface area contributed by atoms with Crippen molar-refractivity contribution in [3.63, 3.8) is 0 Å². The zero-order valence-corrected chi connectivity index (χ0v) is 16.6. The number of nitrogens with one attached hydrogen (secondary N) is 1. The fraction of sp³-hybridized carbons (Fsp3) is 0.524. The van der Waals surface area contributed by atoms with Gasteiger partial charge in [-0.25, -0.2) is 0 Å². The topological polar surface area (TPSA) is 38.3 Å². The largest absolute Gasteiger partial charge is 0.626 e. The number of piperidine rings is 1. The summed E-state index contributed by atoms with van der Waals surface area (Å²) in [7, 11) is 0. The van der Waals surface area contributed by atoms with Crippen LogP contribution >= 0.6 is 11.3 Å². The van der Waals surface area contributed by atoms with E-state index in [0.717, 1.165) is 50.1 Å². The van der Waals surface area contributed by atoms with Gasteiger partial charge in [-0.2, -0.15) is 0 Å². The number of benzene rings is 1. The number of para-hydroxylation sites is 2. The van der Waals surface area contributed by atoms with Crippen LogP contribution in [0.5, 0.6) is 0 Å². The summed E-state index contributed by atoms with van der Waals surface area (Å²) in [5.74, 6) is 0. The third kappa shape index (κ3) is 2.69. The molecule has 0 amide bonds.